The van der Waals surface area contributed by atoms with Crippen LogP contribution in [0.5, 0.6) is 0 Å². The standard InChI is InChI=1S/C24H29N5OS.C23H28N6O/c1-3-28-13-15-29(16-14-28)22-9-7-19(8-10-22)27-24-18-21(11-12-25-24)26-20-5-4-6-23(17-20)31(2)30;1-15(30)29-11-9-16-12-17(6-7-19(16)29)25-21-13-18(8-10-24-21)26-22-14-20(23(2,3)4)27-28(22)5/h4-12,17-18H,3,13-16H2,1-2H3,(H2,25,26,27);6-8,10,12-14H,9,11H2,1-5H3,(H2,24,25,26). The van der Waals surface area contributed by atoms with Gasteiger partial charge in [0.05, 0.1) is 5.69 Å². The van der Waals surface area contributed by atoms with Gasteiger partial charge in [-0.1, -0.05) is 33.8 Å². The smallest absolute Gasteiger partial charge is 0.223 e. The molecule has 0 saturated carbocycles. The maximum atomic E-state index is 11.7. The lowest BCUT2D eigenvalue weighted by molar-refractivity contribution is -0.116. The van der Waals surface area contributed by atoms with E-state index in [1.165, 1.54) is 11.3 Å². The molecule has 14 heteroatoms. The second kappa shape index (κ2) is 19.0. The fourth-order valence-electron chi connectivity index (χ4n) is 7.35. The molecule has 5 heterocycles. The molecule has 0 aliphatic carbocycles. The summed E-state index contributed by atoms with van der Waals surface area (Å²) in [5.41, 5.74) is 9.18. The van der Waals surface area contributed by atoms with Crippen LogP contribution in [0.15, 0.2) is 114 Å². The van der Waals surface area contributed by atoms with Gasteiger partial charge in [-0.15, -0.1) is 0 Å². The van der Waals surface area contributed by atoms with Crippen LogP contribution in [0.25, 0.3) is 0 Å². The van der Waals surface area contributed by atoms with Crippen molar-refractivity contribution in [2.24, 2.45) is 7.05 Å². The van der Waals surface area contributed by atoms with Crippen molar-refractivity contribution in [2.75, 3.05) is 76.6 Å². The zero-order valence-electron chi connectivity index (χ0n) is 36.2. The van der Waals surface area contributed by atoms with Crippen molar-refractivity contribution in [3.8, 4) is 0 Å². The average Bonchev–Trinajstić information content (AvgIpc) is 3.85. The van der Waals surface area contributed by atoms with E-state index < -0.39 is 10.8 Å². The number of likely N-dealkylation sites (N-methyl/N-ethyl adjacent to an activating group) is 1. The van der Waals surface area contributed by atoms with Crippen molar-refractivity contribution in [1.82, 2.24) is 24.6 Å². The number of carbonyl (C=O) groups excluding carboxylic acids is 1. The molecule has 4 N–H and O–H groups in total. The lowest BCUT2D eigenvalue weighted by Crippen LogP contribution is -2.46. The van der Waals surface area contributed by atoms with Gasteiger partial charge in [0.15, 0.2) is 0 Å². The van der Waals surface area contributed by atoms with E-state index in [9.17, 15) is 9.00 Å². The van der Waals surface area contributed by atoms with Gasteiger partial charge >= 0.3 is 0 Å². The highest BCUT2D eigenvalue weighted by atomic mass is 32.2. The van der Waals surface area contributed by atoms with Crippen LogP contribution in [0, 0.1) is 0 Å². The zero-order chi connectivity index (χ0) is 43.1. The molecule has 61 heavy (non-hydrogen) atoms. The van der Waals surface area contributed by atoms with Crippen molar-refractivity contribution in [1.29, 1.82) is 0 Å². The number of benzene rings is 3. The van der Waals surface area contributed by atoms with E-state index in [2.05, 4.69) is 110 Å². The summed E-state index contributed by atoms with van der Waals surface area (Å²) in [6.45, 7) is 16.5. The van der Waals surface area contributed by atoms with Gasteiger partial charge in [0.2, 0.25) is 5.91 Å². The average molecular weight is 840 g/mol. The fraction of sp³-hybridized carbons (Fsp3) is 0.319. The van der Waals surface area contributed by atoms with Gasteiger partial charge in [-0.3, -0.25) is 13.7 Å². The lowest BCUT2D eigenvalue weighted by atomic mass is 9.92. The molecular weight excluding hydrogens is 783 g/mol. The number of rotatable bonds is 11. The molecule has 0 radical (unpaired) electrons. The van der Waals surface area contributed by atoms with E-state index in [-0.39, 0.29) is 11.3 Å². The number of nitrogens with zero attached hydrogens (tertiary/aromatic N) is 7. The molecule has 8 rings (SSSR count). The van der Waals surface area contributed by atoms with Gasteiger partial charge in [0, 0.05) is 144 Å². The number of amides is 1. The van der Waals surface area contributed by atoms with Crippen LogP contribution in [0.1, 0.15) is 45.9 Å². The first-order valence-electron chi connectivity index (χ1n) is 20.8. The fourth-order valence-corrected chi connectivity index (χ4v) is 7.91. The molecule has 2 aliphatic heterocycles. The van der Waals surface area contributed by atoms with Crippen LogP contribution < -0.4 is 31.1 Å². The minimum absolute atomic E-state index is 0.00577. The Balaban J connectivity index is 0.000000184. The minimum Gasteiger partial charge on any atom is -0.369 e. The number of hydrogen-bond acceptors (Lipinski definition) is 11. The summed E-state index contributed by atoms with van der Waals surface area (Å²) in [5, 5.41) is 18.2. The Morgan fingerprint density at radius 2 is 1.34 bits per heavy atom. The van der Waals surface area contributed by atoms with E-state index in [1.807, 2.05) is 77.3 Å². The third kappa shape index (κ3) is 11.1. The summed E-state index contributed by atoms with van der Waals surface area (Å²) < 4.78 is 13.6. The van der Waals surface area contributed by atoms with E-state index in [4.69, 9.17) is 0 Å². The molecule has 1 atom stereocenters. The minimum atomic E-state index is -1.01. The topological polar surface area (TPSA) is 136 Å². The number of hydrogen-bond donors (Lipinski definition) is 4. The molecular formula is C47H57N11O2S. The van der Waals surface area contributed by atoms with Crippen LogP contribution in [0.3, 0.4) is 0 Å². The summed E-state index contributed by atoms with van der Waals surface area (Å²) in [6, 6.07) is 32.1. The van der Waals surface area contributed by atoms with Gasteiger partial charge in [-0.05, 0) is 91.3 Å². The Hall–Kier alpha value is -6.25. The molecule has 1 amide bonds. The molecule has 6 aromatic rings. The Kier molecular flexibility index (Phi) is 13.3. The second-order valence-electron chi connectivity index (χ2n) is 16.4. The van der Waals surface area contributed by atoms with Crippen LogP contribution in [0.4, 0.5) is 57.3 Å². The number of piperazine rings is 1. The van der Waals surface area contributed by atoms with Crippen LogP contribution in [-0.2, 0) is 34.5 Å². The normalized spacial score (nSPS) is 14.4. The highest BCUT2D eigenvalue weighted by molar-refractivity contribution is 7.84. The van der Waals surface area contributed by atoms with Gasteiger partial charge in [0.25, 0.3) is 0 Å². The van der Waals surface area contributed by atoms with Crippen molar-refractivity contribution in [2.45, 2.75) is 51.3 Å². The van der Waals surface area contributed by atoms with Crippen LogP contribution >= 0.6 is 0 Å². The van der Waals surface area contributed by atoms with Gasteiger partial charge in [0.1, 0.15) is 17.5 Å². The highest BCUT2D eigenvalue weighted by Crippen LogP contribution is 2.32. The third-order valence-corrected chi connectivity index (χ3v) is 11.8. The maximum absolute atomic E-state index is 11.7. The number of anilines is 10. The molecule has 0 bridgehead atoms. The SMILES string of the molecule is CC(=O)N1CCc2cc(Nc3cc(Nc4cc(C(C)(C)C)nn4C)ccn3)ccc21.CCN1CCN(c2ccc(Nc3cc(Nc4cccc(S(C)=O)c4)ccn3)cc2)CC1. The largest absolute Gasteiger partial charge is 0.369 e. The Bertz CT molecular complexity index is 2470. The molecule has 3 aromatic carbocycles. The molecule has 13 nitrogen and oxygen atoms in total. The van der Waals surface area contributed by atoms with Crippen molar-refractivity contribution in [3.63, 3.8) is 0 Å². The number of pyridine rings is 2. The summed E-state index contributed by atoms with van der Waals surface area (Å²) in [4.78, 5) is 28.2. The first-order valence-corrected chi connectivity index (χ1v) is 22.3. The molecule has 3 aromatic heterocycles. The number of fused-ring (bicyclic) bond motifs is 1. The molecule has 0 spiro atoms. The maximum Gasteiger partial charge on any atom is 0.223 e. The van der Waals surface area contributed by atoms with Gasteiger partial charge in [-0.25, -0.2) is 9.97 Å². The molecule has 1 fully saturated rings. The third-order valence-electron chi connectivity index (χ3n) is 10.8. The summed E-state index contributed by atoms with van der Waals surface area (Å²) in [5.74, 6) is 2.53. The number of carbonyl (C=O) groups is 1. The van der Waals surface area contributed by atoms with E-state index >= 15 is 0 Å². The summed E-state index contributed by atoms with van der Waals surface area (Å²) >= 11 is 0. The van der Waals surface area contributed by atoms with E-state index in [0.29, 0.717) is 0 Å². The highest BCUT2D eigenvalue weighted by Gasteiger charge is 2.23. The Morgan fingerprint density at radius 3 is 1.97 bits per heavy atom. The van der Waals surface area contributed by atoms with Crippen LogP contribution in [-0.4, -0.2) is 80.3 Å². The predicted octanol–water partition coefficient (Wildman–Crippen LogP) is 8.96. The quantitative estimate of drug-likeness (QED) is 0.0996. The zero-order valence-corrected chi connectivity index (χ0v) is 37.0. The number of nitrogens with one attached hydrogen (secondary N) is 4. The second-order valence-corrected chi connectivity index (χ2v) is 17.7. The summed E-state index contributed by atoms with van der Waals surface area (Å²) in [7, 11) is 0.932. The first kappa shape index (κ1) is 42.9. The lowest BCUT2D eigenvalue weighted by Gasteiger charge is -2.35. The number of aryl methyl sites for hydroxylation is 1. The first-order chi connectivity index (χ1) is 29.3. The van der Waals surface area contributed by atoms with Gasteiger partial charge < -0.3 is 36.0 Å². The summed E-state index contributed by atoms with van der Waals surface area (Å²) in [6.07, 6.45) is 6.10. The predicted molar refractivity (Wildman–Crippen MR) is 251 cm³/mol. The monoisotopic (exact) mass is 839 g/mol. The Morgan fingerprint density at radius 1 is 0.721 bits per heavy atom. The Labute approximate surface area is 362 Å². The molecule has 1 saturated heterocycles. The molecule has 318 valence electrons. The van der Waals surface area contributed by atoms with Crippen molar-refractivity contribution >= 4 is 74.0 Å². The van der Waals surface area contributed by atoms with E-state index in [1.54, 1.807) is 25.6 Å². The molecule has 1 unspecified atom stereocenters. The van der Waals surface area contributed by atoms with Gasteiger partial charge in [-0.2, -0.15) is 5.10 Å². The van der Waals surface area contributed by atoms with Crippen molar-refractivity contribution < 1.29 is 9.00 Å². The molecule has 2 aliphatic rings. The number of aromatic nitrogens is 4. The van der Waals surface area contributed by atoms with Crippen LogP contribution in [0.2, 0.25) is 0 Å². The van der Waals surface area contributed by atoms with E-state index in [0.717, 1.165) is 108 Å². The van der Waals surface area contributed by atoms with Crippen molar-refractivity contribution in [3.05, 3.63) is 121 Å².